The van der Waals surface area contributed by atoms with E-state index in [1.54, 1.807) is 0 Å². The van der Waals surface area contributed by atoms with Crippen molar-refractivity contribution in [3.63, 3.8) is 0 Å². The summed E-state index contributed by atoms with van der Waals surface area (Å²) in [6.45, 7) is -0.0711. The second-order valence-corrected chi connectivity index (χ2v) is 6.82. The van der Waals surface area contributed by atoms with Gasteiger partial charge in [0.25, 0.3) is 0 Å². The summed E-state index contributed by atoms with van der Waals surface area (Å²) in [5.74, 6) is -0.271. The number of anilines is 3. The van der Waals surface area contributed by atoms with Crippen LogP contribution in [0.25, 0.3) is 0 Å². The highest BCUT2D eigenvalue weighted by Crippen LogP contribution is 2.30. The molecule has 4 N–H and O–H groups in total. The zero-order chi connectivity index (χ0) is 21.7. The van der Waals surface area contributed by atoms with E-state index in [1.165, 1.54) is 29.3 Å². The summed E-state index contributed by atoms with van der Waals surface area (Å²) < 4.78 is 19.3. The molecule has 12 heteroatoms. The summed E-state index contributed by atoms with van der Waals surface area (Å²) in [6.07, 6.45) is 2.48. The fourth-order valence-corrected chi connectivity index (χ4v) is 3.27. The van der Waals surface area contributed by atoms with Crippen molar-refractivity contribution in [1.82, 2.24) is 20.4 Å². The quantitative estimate of drug-likeness (QED) is 0.334. The lowest BCUT2D eigenvalue weighted by Gasteiger charge is -2.17. The molecule has 0 aliphatic rings. The van der Waals surface area contributed by atoms with Crippen LogP contribution in [0, 0.1) is 5.82 Å². The summed E-state index contributed by atoms with van der Waals surface area (Å²) >= 11 is 12.0. The molecule has 158 valence electrons. The Balaban J connectivity index is 1.79. The van der Waals surface area contributed by atoms with Crippen molar-refractivity contribution in [3.8, 4) is 5.75 Å². The van der Waals surface area contributed by atoms with Gasteiger partial charge < -0.3 is 15.6 Å². The topological polar surface area (TPSA) is 130 Å². The van der Waals surface area contributed by atoms with Crippen molar-refractivity contribution in [1.29, 1.82) is 0 Å². The zero-order valence-electron chi connectivity index (χ0n) is 15.5. The number of carbonyl (C=O) groups is 1. The number of aliphatic hydroxyl groups is 1. The number of rotatable bonds is 9. The van der Waals surface area contributed by atoms with Crippen molar-refractivity contribution >= 4 is 46.9 Å². The van der Waals surface area contributed by atoms with Crippen LogP contribution >= 0.6 is 23.2 Å². The molecule has 0 aliphatic heterocycles. The number of hydrogen-bond donors (Lipinski definition) is 3. The summed E-state index contributed by atoms with van der Waals surface area (Å²) in [6, 6.07) is 4.03. The first-order valence-corrected chi connectivity index (χ1v) is 9.48. The van der Waals surface area contributed by atoms with E-state index < -0.39 is 5.82 Å². The molecule has 2 heterocycles. The maximum Gasteiger partial charge on any atom is 0.220 e. The highest BCUT2D eigenvalue weighted by molar-refractivity contribution is 6.36. The molecule has 1 amide bonds. The van der Waals surface area contributed by atoms with E-state index in [2.05, 4.69) is 20.4 Å². The lowest BCUT2D eigenvalue weighted by atomic mass is 10.1. The van der Waals surface area contributed by atoms with Crippen LogP contribution in [0.2, 0.25) is 10.0 Å². The van der Waals surface area contributed by atoms with E-state index in [0.717, 1.165) is 0 Å². The number of benzene rings is 1. The van der Waals surface area contributed by atoms with E-state index in [-0.39, 0.29) is 48.5 Å². The van der Waals surface area contributed by atoms with E-state index in [4.69, 9.17) is 38.8 Å². The summed E-state index contributed by atoms with van der Waals surface area (Å²) in [5, 5.41) is 23.8. The van der Waals surface area contributed by atoms with Gasteiger partial charge in [-0.1, -0.05) is 23.2 Å². The third-order valence-electron chi connectivity index (χ3n) is 4.18. The number of nitrogens with zero attached hydrogens (tertiary/aromatic N) is 4. The van der Waals surface area contributed by atoms with Gasteiger partial charge in [0.15, 0.2) is 17.4 Å². The Bertz CT molecular complexity index is 1050. The lowest BCUT2D eigenvalue weighted by molar-refractivity contribution is -0.106. The van der Waals surface area contributed by atoms with Crippen molar-refractivity contribution in [2.75, 3.05) is 23.8 Å². The molecule has 9 nitrogen and oxygen atoms in total. The number of carbonyl (C=O) groups excluding carboxylic acids is 1. The van der Waals surface area contributed by atoms with Crippen LogP contribution in [0.3, 0.4) is 0 Å². The third-order valence-corrected chi connectivity index (χ3v) is 4.94. The molecule has 0 spiro atoms. The summed E-state index contributed by atoms with van der Waals surface area (Å²) in [5.41, 5.74) is 7.10. The van der Waals surface area contributed by atoms with E-state index in [9.17, 15) is 9.18 Å². The number of halogens is 3. The van der Waals surface area contributed by atoms with E-state index in [1.807, 2.05) is 0 Å². The van der Waals surface area contributed by atoms with Crippen molar-refractivity contribution in [3.05, 3.63) is 51.5 Å². The Labute approximate surface area is 180 Å². The average Bonchev–Trinajstić information content (AvgIpc) is 3.18. The van der Waals surface area contributed by atoms with Crippen LogP contribution in [-0.2, 0) is 17.6 Å². The molecule has 0 saturated carbocycles. The number of hydrogen-bond acceptors (Lipinski definition) is 7. The Morgan fingerprint density at radius 3 is 2.83 bits per heavy atom. The number of aromatic amines is 1. The predicted octanol–water partition coefficient (Wildman–Crippen LogP) is 2.68. The fourth-order valence-electron chi connectivity index (χ4n) is 2.71. The molecule has 3 aromatic rings. The number of nitrogens with one attached hydrogen (secondary N) is 1. The number of ether oxygens (including phenoxy) is 1. The number of aliphatic hydroxyl groups excluding tert-OH is 1. The first kappa shape index (κ1) is 21.8. The monoisotopic (exact) mass is 454 g/mol. The normalized spacial score (nSPS) is 10.8. The molecule has 0 saturated heterocycles. The second kappa shape index (κ2) is 9.70. The SMILES string of the molecule is Nc1nnc(N(C=O)c2c[nH]nc2CCO)cc1OCCc1c(Cl)ccc(F)c1Cl. The molecule has 0 fully saturated rings. The first-order valence-electron chi connectivity index (χ1n) is 8.72. The minimum atomic E-state index is -0.580. The van der Waals surface area contributed by atoms with E-state index >= 15 is 0 Å². The molecule has 3 rings (SSSR count). The van der Waals surface area contributed by atoms with Gasteiger partial charge in [0.05, 0.1) is 23.0 Å². The molecule has 0 unspecified atom stereocenters. The van der Waals surface area contributed by atoms with Crippen LogP contribution in [0.15, 0.2) is 24.4 Å². The molecule has 1 aromatic carbocycles. The average molecular weight is 455 g/mol. The maximum absolute atomic E-state index is 13.6. The van der Waals surface area contributed by atoms with E-state index in [0.29, 0.717) is 28.4 Å². The van der Waals surface area contributed by atoms with Gasteiger partial charge in [-0.05, 0) is 17.7 Å². The van der Waals surface area contributed by atoms with Gasteiger partial charge in [0, 0.05) is 36.7 Å². The maximum atomic E-state index is 13.6. The number of aromatic nitrogens is 4. The number of nitrogens with two attached hydrogens (primary N) is 1. The van der Waals surface area contributed by atoms with Crippen LogP contribution < -0.4 is 15.4 Å². The van der Waals surface area contributed by atoms with Crippen LogP contribution in [0.5, 0.6) is 5.75 Å². The van der Waals surface area contributed by atoms with Crippen molar-refractivity contribution in [2.24, 2.45) is 0 Å². The molecular weight excluding hydrogens is 438 g/mol. The molecule has 0 atom stereocenters. The van der Waals surface area contributed by atoms with Crippen LogP contribution in [0.4, 0.5) is 21.7 Å². The Hall–Kier alpha value is -2.95. The number of nitrogen functional groups attached to an aromatic ring is 1. The smallest absolute Gasteiger partial charge is 0.220 e. The first-order chi connectivity index (χ1) is 14.5. The number of amides is 1. The zero-order valence-corrected chi connectivity index (χ0v) is 17.0. The van der Waals surface area contributed by atoms with Gasteiger partial charge in [-0.3, -0.25) is 14.8 Å². The molecule has 0 aliphatic carbocycles. The highest BCUT2D eigenvalue weighted by atomic mass is 35.5. The summed E-state index contributed by atoms with van der Waals surface area (Å²) in [4.78, 5) is 12.9. The summed E-state index contributed by atoms with van der Waals surface area (Å²) in [7, 11) is 0. The van der Waals surface area contributed by atoms with Crippen LogP contribution in [0.1, 0.15) is 11.3 Å². The van der Waals surface area contributed by atoms with Gasteiger partial charge in [0.2, 0.25) is 6.41 Å². The lowest BCUT2D eigenvalue weighted by Crippen LogP contribution is -2.18. The van der Waals surface area contributed by atoms with Gasteiger partial charge in [-0.2, -0.15) is 5.10 Å². The Morgan fingerprint density at radius 1 is 1.30 bits per heavy atom. The fraction of sp³-hybridized carbons (Fsp3) is 0.222. The Kier molecular flexibility index (Phi) is 7.03. The molecule has 0 bridgehead atoms. The standard InChI is InChI=1S/C18H17Cl2FN6O3/c19-11-1-2-12(21)17(20)10(11)4-6-30-15-7-16(25-26-18(15)22)27(9-29)14-8-23-24-13(14)3-5-28/h1-2,7-9,28H,3-6H2,(H2,22,26)(H,23,24). The predicted molar refractivity (Wildman–Crippen MR) is 110 cm³/mol. The third kappa shape index (κ3) is 4.61. The van der Waals surface area contributed by atoms with Gasteiger partial charge in [-0.15, -0.1) is 10.2 Å². The number of H-pyrrole nitrogens is 1. The minimum Gasteiger partial charge on any atom is -0.489 e. The van der Waals surface area contributed by atoms with Gasteiger partial charge >= 0.3 is 0 Å². The molecule has 30 heavy (non-hydrogen) atoms. The minimum absolute atomic E-state index is 0.00353. The van der Waals surface area contributed by atoms with Gasteiger partial charge in [0.1, 0.15) is 5.82 Å². The van der Waals surface area contributed by atoms with Gasteiger partial charge in [-0.25, -0.2) is 4.39 Å². The van der Waals surface area contributed by atoms with Crippen molar-refractivity contribution in [2.45, 2.75) is 12.8 Å². The molecule has 2 aromatic heterocycles. The second-order valence-electron chi connectivity index (χ2n) is 6.04. The largest absolute Gasteiger partial charge is 0.489 e. The molecular formula is C18H17Cl2FN6O3. The van der Waals surface area contributed by atoms with Crippen LogP contribution in [-0.4, -0.2) is 45.1 Å². The van der Waals surface area contributed by atoms with Crippen molar-refractivity contribution < 1.29 is 19.0 Å². The highest BCUT2D eigenvalue weighted by Gasteiger charge is 2.19. The molecule has 0 radical (unpaired) electrons. The Morgan fingerprint density at radius 2 is 2.10 bits per heavy atom.